The summed E-state index contributed by atoms with van der Waals surface area (Å²) in [5.41, 5.74) is 10.8. The van der Waals surface area contributed by atoms with E-state index in [1.165, 1.54) is 71.2 Å². The molecular weight excluding hydrogens is 544 g/mol. The predicted molar refractivity (Wildman–Crippen MR) is 190 cm³/mol. The molecule has 0 unspecified atom stereocenters. The van der Waals surface area contributed by atoms with Crippen molar-refractivity contribution in [1.82, 2.24) is 9.55 Å². The number of hydrogen-bond acceptors (Lipinski definition) is 1. The zero-order valence-corrected chi connectivity index (χ0v) is 24.6. The van der Waals surface area contributed by atoms with Gasteiger partial charge in [-0.1, -0.05) is 127 Å². The second-order valence-corrected chi connectivity index (χ2v) is 11.7. The van der Waals surface area contributed by atoms with Crippen molar-refractivity contribution in [2.45, 2.75) is 0 Å². The van der Waals surface area contributed by atoms with Crippen molar-refractivity contribution < 1.29 is 0 Å². The van der Waals surface area contributed by atoms with E-state index < -0.39 is 0 Å². The fraction of sp³-hybridized carbons (Fsp3) is 0. The first kappa shape index (κ1) is 25.5. The number of fused-ring (bicyclic) bond motifs is 6. The van der Waals surface area contributed by atoms with Gasteiger partial charge in [0.1, 0.15) is 0 Å². The van der Waals surface area contributed by atoms with E-state index in [2.05, 4.69) is 161 Å². The normalized spacial score (nSPS) is 11.6. The maximum atomic E-state index is 4.35. The Morgan fingerprint density at radius 1 is 0.378 bits per heavy atom. The standard InChI is InChI=1S/C43H28N2/c1-2-7-29(8-3-1)31-12-14-32(15-13-31)35-18-22-40-41-23-19-36-25-34(37-11-6-24-44-28-37)17-21-39(36)43(41)45(42(40)27-35)38-20-16-30-9-4-5-10-33(30)26-38/h1-28H. The van der Waals surface area contributed by atoms with Crippen LogP contribution in [-0.2, 0) is 0 Å². The Kier molecular flexibility index (Phi) is 5.85. The van der Waals surface area contributed by atoms with Crippen LogP contribution in [0.3, 0.4) is 0 Å². The summed E-state index contributed by atoms with van der Waals surface area (Å²) in [7, 11) is 0. The van der Waals surface area contributed by atoms with Crippen LogP contribution in [0.2, 0.25) is 0 Å². The third-order valence-electron chi connectivity index (χ3n) is 9.06. The molecule has 2 nitrogen and oxygen atoms in total. The van der Waals surface area contributed by atoms with Crippen LogP contribution in [0.1, 0.15) is 0 Å². The lowest BCUT2D eigenvalue weighted by Gasteiger charge is -2.12. The van der Waals surface area contributed by atoms with Gasteiger partial charge in [0.05, 0.1) is 11.0 Å². The number of hydrogen-bond donors (Lipinski definition) is 0. The molecule has 0 amide bonds. The minimum atomic E-state index is 1.12. The molecular formula is C43H28N2. The molecule has 2 heterocycles. The molecule has 0 atom stereocenters. The molecule has 0 radical (unpaired) electrons. The topological polar surface area (TPSA) is 17.8 Å². The zero-order valence-electron chi connectivity index (χ0n) is 24.6. The summed E-state index contributed by atoms with van der Waals surface area (Å²) in [4.78, 5) is 4.35. The Labute approximate surface area is 261 Å². The SMILES string of the molecule is c1ccc(-c2ccc(-c3ccc4c5ccc6cc(-c7cccnc7)ccc6c5n(-c5ccc6ccccc6c5)c4c3)cc2)cc1. The molecule has 0 fully saturated rings. The molecule has 0 N–H and O–H groups in total. The summed E-state index contributed by atoms with van der Waals surface area (Å²) in [6, 6.07) is 57.3. The first-order valence-electron chi connectivity index (χ1n) is 15.4. The third kappa shape index (κ3) is 4.30. The Morgan fingerprint density at radius 3 is 1.80 bits per heavy atom. The summed E-state index contributed by atoms with van der Waals surface area (Å²) in [5.74, 6) is 0. The average Bonchev–Trinajstić information content (AvgIpc) is 3.46. The number of nitrogens with zero attached hydrogens (tertiary/aromatic N) is 2. The van der Waals surface area contributed by atoms with Gasteiger partial charge in [-0.05, 0) is 74.3 Å². The van der Waals surface area contributed by atoms with Gasteiger partial charge >= 0.3 is 0 Å². The van der Waals surface area contributed by atoms with Gasteiger partial charge in [-0.15, -0.1) is 0 Å². The summed E-state index contributed by atoms with van der Waals surface area (Å²) in [5, 5.41) is 7.43. The Hall–Kier alpha value is -5.99. The molecule has 7 aromatic carbocycles. The van der Waals surface area contributed by atoms with Gasteiger partial charge in [0.15, 0.2) is 0 Å². The summed E-state index contributed by atoms with van der Waals surface area (Å²) >= 11 is 0. The lowest BCUT2D eigenvalue weighted by atomic mass is 9.98. The van der Waals surface area contributed by atoms with Crippen LogP contribution in [-0.4, -0.2) is 9.55 Å². The first-order valence-corrected chi connectivity index (χ1v) is 15.4. The molecule has 2 aromatic heterocycles. The quantitative estimate of drug-likeness (QED) is 0.205. The third-order valence-corrected chi connectivity index (χ3v) is 9.06. The molecule has 9 aromatic rings. The highest BCUT2D eigenvalue weighted by Gasteiger charge is 2.17. The molecule has 0 bridgehead atoms. The molecule has 0 saturated carbocycles. The van der Waals surface area contributed by atoms with Gasteiger partial charge in [-0.25, -0.2) is 0 Å². The lowest BCUT2D eigenvalue weighted by Crippen LogP contribution is -1.95. The van der Waals surface area contributed by atoms with Gasteiger partial charge in [-0.2, -0.15) is 0 Å². The lowest BCUT2D eigenvalue weighted by molar-refractivity contribution is 1.19. The molecule has 210 valence electrons. The Balaban J connectivity index is 1.28. The number of rotatable bonds is 4. The van der Waals surface area contributed by atoms with Crippen LogP contribution >= 0.6 is 0 Å². The van der Waals surface area contributed by atoms with E-state index in [1.807, 2.05) is 18.5 Å². The fourth-order valence-corrected chi connectivity index (χ4v) is 6.80. The Bertz CT molecular complexity index is 2510. The number of benzene rings is 7. The van der Waals surface area contributed by atoms with Crippen molar-refractivity contribution in [3.8, 4) is 39.1 Å². The summed E-state index contributed by atoms with van der Waals surface area (Å²) in [6.07, 6.45) is 3.75. The van der Waals surface area contributed by atoms with E-state index in [9.17, 15) is 0 Å². The molecule has 0 saturated heterocycles. The minimum absolute atomic E-state index is 1.12. The minimum Gasteiger partial charge on any atom is -0.309 e. The van der Waals surface area contributed by atoms with Crippen molar-refractivity contribution in [3.63, 3.8) is 0 Å². The van der Waals surface area contributed by atoms with Gasteiger partial charge in [0.25, 0.3) is 0 Å². The van der Waals surface area contributed by atoms with E-state index in [1.54, 1.807) is 0 Å². The van der Waals surface area contributed by atoms with Crippen molar-refractivity contribution in [3.05, 3.63) is 170 Å². The van der Waals surface area contributed by atoms with Gasteiger partial charge in [0, 0.05) is 39.8 Å². The van der Waals surface area contributed by atoms with Gasteiger partial charge < -0.3 is 4.57 Å². The van der Waals surface area contributed by atoms with E-state index >= 15 is 0 Å². The number of pyridine rings is 1. The summed E-state index contributed by atoms with van der Waals surface area (Å²) < 4.78 is 2.46. The van der Waals surface area contributed by atoms with Gasteiger partial charge in [0.2, 0.25) is 0 Å². The van der Waals surface area contributed by atoms with Crippen LogP contribution < -0.4 is 0 Å². The van der Waals surface area contributed by atoms with Crippen LogP contribution in [0.25, 0.3) is 82.4 Å². The van der Waals surface area contributed by atoms with Crippen molar-refractivity contribution in [1.29, 1.82) is 0 Å². The molecule has 0 aliphatic carbocycles. The molecule has 0 spiro atoms. The molecule has 0 aliphatic rings. The highest BCUT2D eigenvalue weighted by molar-refractivity contribution is 6.19. The second kappa shape index (κ2) is 10.3. The highest BCUT2D eigenvalue weighted by atomic mass is 15.0. The van der Waals surface area contributed by atoms with Crippen LogP contribution in [0.15, 0.2) is 170 Å². The van der Waals surface area contributed by atoms with Crippen molar-refractivity contribution in [2.24, 2.45) is 0 Å². The highest BCUT2D eigenvalue weighted by Crippen LogP contribution is 2.40. The number of aromatic nitrogens is 2. The molecule has 9 rings (SSSR count). The predicted octanol–water partition coefficient (Wildman–Crippen LogP) is 11.5. The largest absolute Gasteiger partial charge is 0.309 e. The van der Waals surface area contributed by atoms with Crippen molar-refractivity contribution in [2.75, 3.05) is 0 Å². The maximum absolute atomic E-state index is 4.35. The maximum Gasteiger partial charge on any atom is 0.0619 e. The van der Waals surface area contributed by atoms with E-state index in [4.69, 9.17) is 0 Å². The fourth-order valence-electron chi connectivity index (χ4n) is 6.80. The molecule has 2 heteroatoms. The van der Waals surface area contributed by atoms with Gasteiger partial charge in [-0.3, -0.25) is 4.98 Å². The van der Waals surface area contributed by atoms with E-state index in [0.29, 0.717) is 0 Å². The summed E-state index contributed by atoms with van der Waals surface area (Å²) in [6.45, 7) is 0. The molecule has 0 aliphatic heterocycles. The van der Waals surface area contributed by atoms with E-state index in [0.717, 1.165) is 11.3 Å². The Morgan fingerprint density at radius 2 is 1.00 bits per heavy atom. The smallest absolute Gasteiger partial charge is 0.0619 e. The zero-order chi connectivity index (χ0) is 29.7. The monoisotopic (exact) mass is 572 g/mol. The van der Waals surface area contributed by atoms with Crippen LogP contribution in [0.5, 0.6) is 0 Å². The second-order valence-electron chi connectivity index (χ2n) is 11.7. The van der Waals surface area contributed by atoms with Crippen molar-refractivity contribution >= 4 is 43.4 Å². The average molecular weight is 573 g/mol. The van der Waals surface area contributed by atoms with Crippen LogP contribution in [0, 0.1) is 0 Å². The van der Waals surface area contributed by atoms with E-state index in [-0.39, 0.29) is 0 Å². The first-order chi connectivity index (χ1) is 22.3. The van der Waals surface area contributed by atoms with Crippen LogP contribution in [0.4, 0.5) is 0 Å². The molecule has 45 heavy (non-hydrogen) atoms.